The lowest BCUT2D eigenvalue weighted by atomic mass is 9.92. The third-order valence-electron chi connectivity index (χ3n) is 6.75. The Morgan fingerprint density at radius 1 is 1.00 bits per heavy atom. The minimum absolute atomic E-state index is 0.00815. The van der Waals surface area contributed by atoms with Gasteiger partial charge in [0.05, 0.1) is 12.6 Å². The van der Waals surface area contributed by atoms with Crippen LogP contribution < -0.4 is 20.7 Å². The van der Waals surface area contributed by atoms with E-state index in [2.05, 4.69) is 22.0 Å². The maximum Gasteiger partial charge on any atom is 0.316 e. The number of halogens is 2. The van der Waals surface area contributed by atoms with E-state index in [1.165, 1.54) is 7.11 Å². The molecule has 0 bridgehead atoms. The van der Waals surface area contributed by atoms with Crippen molar-refractivity contribution in [1.82, 2.24) is 16.0 Å². The molecule has 180 valence electrons. The molecule has 3 amide bonds. The Morgan fingerprint density at radius 3 is 2.34 bits per heavy atom. The van der Waals surface area contributed by atoms with Gasteiger partial charge in [-0.05, 0) is 35.6 Å². The highest BCUT2D eigenvalue weighted by molar-refractivity contribution is 5.90. The molecule has 1 saturated carbocycles. The Kier molecular flexibility index (Phi) is 5.88. The van der Waals surface area contributed by atoms with Crippen molar-refractivity contribution in [2.24, 2.45) is 0 Å². The van der Waals surface area contributed by atoms with Gasteiger partial charge < -0.3 is 20.7 Å². The summed E-state index contributed by atoms with van der Waals surface area (Å²) in [5.41, 5.74) is 2.27. The summed E-state index contributed by atoms with van der Waals surface area (Å²) in [7, 11) is 1.31. The molecule has 0 spiro atoms. The number of ether oxygens (including phenoxy) is 1. The Morgan fingerprint density at radius 2 is 1.69 bits per heavy atom. The molecule has 0 radical (unpaired) electrons. The monoisotopic (exact) mass is 477 g/mol. The molecule has 3 aromatic rings. The molecule has 8 heteroatoms. The average molecular weight is 478 g/mol. The van der Waals surface area contributed by atoms with Crippen LogP contribution in [0.3, 0.4) is 0 Å². The Bertz CT molecular complexity index is 1250. The maximum absolute atomic E-state index is 14.7. The van der Waals surface area contributed by atoms with E-state index in [-0.39, 0.29) is 17.9 Å². The Hall–Kier alpha value is -3.94. The molecule has 2 aliphatic rings. The predicted octanol–water partition coefficient (Wildman–Crippen LogP) is 4.21. The lowest BCUT2D eigenvalue weighted by Crippen LogP contribution is -2.50. The molecule has 0 aromatic heterocycles. The normalized spacial score (nSPS) is 20.1. The molecular formula is C27H25F2N3O3. The zero-order valence-corrected chi connectivity index (χ0v) is 19.1. The number of amides is 3. The quantitative estimate of drug-likeness (QED) is 0.498. The van der Waals surface area contributed by atoms with Gasteiger partial charge in [-0.15, -0.1) is 0 Å². The van der Waals surface area contributed by atoms with E-state index in [1.807, 2.05) is 48.5 Å². The Balaban J connectivity index is 1.33. The van der Waals surface area contributed by atoms with Gasteiger partial charge in [-0.3, -0.25) is 4.79 Å². The number of rotatable bonds is 6. The third-order valence-corrected chi connectivity index (χ3v) is 6.75. The van der Waals surface area contributed by atoms with Crippen LogP contribution in [0.15, 0.2) is 66.7 Å². The standard InChI is InChI=1S/C27H25F2N3O3/c1-35-19-13-21(28)23(22(29)14-19)20-15-30-25(33)24(20)31-26(34)32-27(10-11-27)18-9-5-8-17(12-18)16-6-3-2-4-7-16/h2-9,12-14,20,24H,10-11,15H2,1H3,(H,30,33)(H2,31,32,34)/t20-,24-/m0/s1. The van der Waals surface area contributed by atoms with Crippen molar-refractivity contribution >= 4 is 11.9 Å². The van der Waals surface area contributed by atoms with Crippen LogP contribution in [0.2, 0.25) is 0 Å². The largest absolute Gasteiger partial charge is 0.497 e. The zero-order chi connectivity index (χ0) is 24.6. The number of methoxy groups -OCH3 is 1. The summed E-state index contributed by atoms with van der Waals surface area (Å²) in [6, 6.07) is 18.4. The maximum atomic E-state index is 14.7. The molecule has 2 atom stereocenters. The van der Waals surface area contributed by atoms with Gasteiger partial charge in [0.15, 0.2) is 0 Å². The van der Waals surface area contributed by atoms with Crippen molar-refractivity contribution in [3.63, 3.8) is 0 Å². The van der Waals surface area contributed by atoms with Gasteiger partial charge in [-0.2, -0.15) is 0 Å². The number of carbonyl (C=O) groups is 2. The van der Waals surface area contributed by atoms with Crippen LogP contribution >= 0.6 is 0 Å². The fraction of sp³-hybridized carbons (Fsp3) is 0.259. The minimum atomic E-state index is -1.11. The van der Waals surface area contributed by atoms with Crippen LogP contribution in [0, 0.1) is 11.6 Å². The molecule has 1 aliphatic heterocycles. The smallest absolute Gasteiger partial charge is 0.316 e. The number of hydrogen-bond acceptors (Lipinski definition) is 3. The molecule has 3 aromatic carbocycles. The average Bonchev–Trinajstić information content (AvgIpc) is 3.57. The summed E-state index contributed by atoms with van der Waals surface area (Å²) < 4.78 is 34.3. The van der Waals surface area contributed by atoms with Gasteiger partial charge in [-0.25, -0.2) is 13.6 Å². The van der Waals surface area contributed by atoms with Crippen molar-refractivity contribution in [1.29, 1.82) is 0 Å². The van der Waals surface area contributed by atoms with Crippen LogP contribution in [-0.2, 0) is 10.3 Å². The first-order valence-corrected chi connectivity index (χ1v) is 11.5. The number of hydrogen-bond donors (Lipinski definition) is 3. The second-order valence-corrected chi connectivity index (χ2v) is 8.96. The van der Waals surface area contributed by atoms with Crippen molar-refractivity contribution in [2.45, 2.75) is 30.3 Å². The molecule has 1 aliphatic carbocycles. The van der Waals surface area contributed by atoms with Gasteiger partial charge in [0.25, 0.3) is 0 Å². The number of urea groups is 1. The summed E-state index contributed by atoms with van der Waals surface area (Å²) in [4.78, 5) is 25.4. The molecule has 6 nitrogen and oxygen atoms in total. The fourth-order valence-corrected chi connectivity index (χ4v) is 4.72. The van der Waals surface area contributed by atoms with E-state index in [0.29, 0.717) is 0 Å². The van der Waals surface area contributed by atoms with E-state index in [0.717, 1.165) is 41.7 Å². The summed E-state index contributed by atoms with van der Waals surface area (Å²) in [6.45, 7) is 0.00815. The first kappa shape index (κ1) is 22.8. The van der Waals surface area contributed by atoms with Crippen LogP contribution in [0.1, 0.15) is 29.9 Å². The number of carbonyl (C=O) groups excluding carboxylic acids is 2. The molecular weight excluding hydrogens is 452 g/mol. The summed E-state index contributed by atoms with van der Waals surface area (Å²) in [5, 5.41) is 8.23. The van der Waals surface area contributed by atoms with Gasteiger partial charge in [0.1, 0.15) is 23.4 Å². The predicted molar refractivity (Wildman–Crippen MR) is 127 cm³/mol. The highest BCUT2D eigenvalue weighted by Crippen LogP contribution is 2.46. The number of benzene rings is 3. The van der Waals surface area contributed by atoms with Crippen LogP contribution in [0.5, 0.6) is 5.75 Å². The van der Waals surface area contributed by atoms with Crippen LogP contribution in [-0.4, -0.2) is 31.6 Å². The summed E-state index contributed by atoms with van der Waals surface area (Å²) >= 11 is 0. The van der Waals surface area contributed by atoms with Crippen LogP contribution in [0.25, 0.3) is 11.1 Å². The first-order chi connectivity index (χ1) is 16.9. The van der Waals surface area contributed by atoms with Gasteiger partial charge >= 0.3 is 6.03 Å². The first-order valence-electron chi connectivity index (χ1n) is 11.5. The second-order valence-electron chi connectivity index (χ2n) is 8.96. The van der Waals surface area contributed by atoms with Gasteiger partial charge in [-0.1, -0.05) is 48.5 Å². The molecule has 3 N–H and O–H groups in total. The summed E-state index contributed by atoms with van der Waals surface area (Å²) in [5.74, 6) is -3.00. The van der Waals surface area contributed by atoms with Crippen molar-refractivity contribution in [3.05, 3.63) is 89.5 Å². The SMILES string of the molecule is COc1cc(F)c([C@@H]2CNC(=O)[C@H]2NC(=O)NC2(c3cccc(-c4ccccc4)c3)CC2)c(F)c1. The lowest BCUT2D eigenvalue weighted by Gasteiger charge is -2.23. The fourth-order valence-electron chi connectivity index (χ4n) is 4.72. The number of nitrogens with one attached hydrogen (secondary N) is 3. The zero-order valence-electron chi connectivity index (χ0n) is 19.1. The second kappa shape index (κ2) is 9.02. The van der Waals surface area contributed by atoms with Gasteiger partial charge in [0.2, 0.25) is 5.91 Å². The molecule has 2 fully saturated rings. The molecule has 35 heavy (non-hydrogen) atoms. The Labute approximate surface area is 201 Å². The highest BCUT2D eigenvalue weighted by Gasteiger charge is 2.47. The van der Waals surface area contributed by atoms with Crippen molar-refractivity contribution in [2.75, 3.05) is 13.7 Å². The van der Waals surface area contributed by atoms with E-state index in [1.54, 1.807) is 0 Å². The van der Waals surface area contributed by atoms with E-state index >= 15 is 0 Å². The lowest BCUT2D eigenvalue weighted by molar-refractivity contribution is -0.120. The summed E-state index contributed by atoms with van der Waals surface area (Å²) in [6.07, 6.45) is 1.50. The van der Waals surface area contributed by atoms with E-state index < -0.39 is 41.1 Å². The molecule has 0 unspecified atom stereocenters. The third kappa shape index (κ3) is 4.43. The molecule has 1 heterocycles. The molecule has 5 rings (SSSR count). The van der Waals surface area contributed by atoms with Crippen LogP contribution in [0.4, 0.5) is 13.6 Å². The van der Waals surface area contributed by atoms with Crippen molar-refractivity contribution in [3.8, 4) is 16.9 Å². The minimum Gasteiger partial charge on any atom is -0.497 e. The van der Waals surface area contributed by atoms with Crippen molar-refractivity contribution < 1.29 is 23.1 Å². The van der Waals surface area contributed by atoms with E-state index in [9.17, 15) is 18.4 Å². The van der Waals surface area contributed by atoms with E-state index in [4.69, 9.17) is 4.74 Å². The topological polar surface area (TPSA) is 79.5 Å². The molecule has 1 saturated heterocycles. The highest BCUT2D eigenvalue weighted by atomic mass is 19.1. The van der Waals surface area contributed by atoms with Gasteiger partial charge in [0, 0.05) is 30.2 Å².